The van der Waals surface area contributed by atoms with Crippen molar-refractivity contribution in [2.45, 2.75) is 20.0 Å². The van der Waals surface area contributed by atoms with Crippen molar-refractivity contribution in [2.75, 3.05) is 4.90 Å². The number of halogens is 1. The van der Waals surface area contributed by atoms with Crippen molar-refractivity contribution < 1.29 is 23.5 Å². The van der Waals surface area contributed by atoms with Crippen LogP contribution in [0.25, 0.3) is 6.08 Å². The summed E-state index contributed by atoms with van der Waals surface area (Å²) in [5.41, 5.74) is 2.02. The van der Waals surface area contributed by atoms with Crippen molar-refractivity contribution in [1.82, 2.24) is 5.32 Å². The van der Waals surface area contributed by atoms with Gasteiger partial charge in [0.15, 0.2) is 0 Å². The predicted molar refractivity (Wildman–Crippen MR) is 122 cm³/mol. The average Bonchev–Trinajstić information content (AvgIpc) is 2.82. The molecule has 1 aliphatic heterocycles. The van der Waals surface area contributed by atoms with Crippen LogP contribution in [-0.2, 0) is 22.6 Å². The van der Waals surface area contributed by atoms with Gasteiger partial charge in [0.05, 0.1) is 5.69 Å². The van der Waals surface area contributed by atoms with E-state index < -0.39 is 23.7 Å². The maximum Gasteiger partial charge on any atom is 0.335 e. The molecule has 3 aromatic rings. The largest absolute Gasteiger partial charge is 0.488 e. The summed E-state index contributed by atoms with van der Waals surface area (Å²) in [4.78, 5) is 39.0. The Kier molecular flexibility index (Phi) is 6.31. The van der Waals surface area contributed by atoms with E-state index in [0.29, 0.717) is 22.6 Å². The molecule has 7 heteroatoms. The van der Waals surface area contributed by atoms with Gasteiger partial charge >= 0.3 is 6.03 Å². The smallest absolute Gasteiger partial charge is 0.335 e. The number of hydrogen-bond acceptors (Lipinski definition) is 4. The molecule has 0 aromatic heterocycles. The number of nitrogens with one attached hydrogen (secondary N) is 1. The van der Waals surface area contributed by atoms with Crippen LogP contribution in [0.1, 0.15) is 23.6 Å². The van der Waals surface area contributed by atoms with Crippen molar-refractivity contribution in [3.63, 3.8) is 0 Å². The molecule has 1 fully saturated rings. The van der Waals surface area contributed by atoms with E-state index in [4.69, 9.17) is 4.74 Å². The molecule has 0 unspecified atom stereocenters. The van der Waals surface area contributed by atoms with Gasteiger partial charge in [0.25, 0.3) is 11.8 Å². The Labute approximate surface area is 190 Å². The first-order valence-corrected chi connectivity index (χ1v) is 10.4. The molecule has 0 spiro atoms. The SMILES string of the molecule is CCc1ccc(N2C(=O)NC(=O)/C(=C/c3ccccc3OCc3ccccc3F)C2=O)cc1. The second-order valence-electron chi connectivity index (χ2n) is 7.40. The maximum atomic E-state index is 13.9. The van der Waals surface area contributed by atoms with Gasteiger partial charge in [0.1, 0.15) is 23.7 Å². The van der Waals surface area contributed by atoms with Gasteiger partial charge in [-0.3, -0.25) is 14.9 Å². The number of nitrogens with zero attached hydrogens (tertiary/aromatic N) is 1. The number of ether oxygens (including phenoxy) is 1. The molecule has 1 aliphatic rings. The van der Waals surface area contributed by atoms with Crippen LogP contribution in [0.5, 0.6) is 5.75 Å². The fourth-order valence-corrected chi connectivity index (χ4v) is 3.43. The minimum absolute atomic E-state index is 0.0264. The van der Waals surface area contributed by atoms with Crippen LogP contribution in [0.15, 0.2) is 78.4 Å². The predicted octanol–water partition coefficient (Wildman–Crippen LogP) is 4.63. The Morgan fingerprint density at radius 1 is 0.939 bits per heavy atom. The third kappa shape index (κ3) is 4.67. The van der Waals surface area contributed by atoms with Crippen molar-refractivity contribution in [1.29, 1.82) is 0 Å². The zero-order valence-electron chi connectivity index (χ0n) is 17.9. The number of rotatable bonds is 6. The molecule has 4 amide bonds. The summed E-state index contributed by atoms with van der Waals surface area (Å²) >= 11 is 0. The summed E-state index contributed by atoms with van der Waals surface area (Å²) in [5.74, 6) is -1.56. The molecule has 3 aromatic carbocycles. The lowest BCUT2D eigenvalue weighted by Crippen LogP contribution is -2.54. The monoisotopic (exact) mass is 444 g/mol. The van der Waals surface area contributed by atoms with E-state index in [-0.39, 0.29) is 12.2 Å². The molecule has 33 heavy (non-hydrogen) atoms. The van der Waals surface area contributed by atoms with E-state index in [2.05, 4.69) is 5.32 Å². The summed E-state index contributed by atoms with van der Waals surface area (Å²) in [6.07, 6.45) is 2.18. The number of carbonyl (C=O) groups excluding carboxylic acids is 3. The average molecular weight is 444 g/mol. The van der Waals surface area contributed by atoms with Crippen molar-refractivity contribution >= 4 is 29.6 Å². The second kappa shape index (κ2) is 9.48. The lowest BCUT2D eigenvalue weighted by Gasteiger charge is -2.26. The molecule has 0 aliphatic carbocycles. The first-order chi connectivity index (χ1) is 16.0. The third-order valence-corrected chi connectivity index (χ3v) is 5.26. The number of carbonyl (C=O) groups is 3. The highest BCUT2D eigenvalue weighted by atomic mass is 19.1. The Bertz CT molecular complexity index is 1250. The Morgan fingerprint density at radius 2 is 1.64 bits per heavy atom. The number of aryl methyl sites for hydroxylation is 1. The van der Waals surface area contributed by atoms with E-state index in [1.807, 2.05) is 19.1 Å². The third-order valence-electron chi connectivity index (χ3n) is 5.26. The van der Waals surface area contributed by atoms with Crippen LogP contribution < -0.4 is 15.0 Å². The number of urea groups is 1. The fraction of sp³-hybridized carbons (Fsp3) is 0.115. The Morgan fingerprint density at radius 3 is 2.36 bits per heavy atom. The standard InChI is InChI=1S/C26H21FN2O4/c1-2-17-11-13-20(14-12-17)29-25(31)21(24(30)28-26(29)32)15-18-7-4-6-10-23(18)33-16-19-8-3-5-9-22(19)27/h3-15H,2,16H2,1H3,(H,28,30,32)/b21-15-. The molecule has 4 rings (SSSR count). The van der Waals surface area contributed by atoms with Gasteiger partial charge in [-0.25, -0.2) is 14.1 Å². The van der Waals surface area contributed by atoms with Crippen LogP contribution in [0.2, 0.25) is 0 Å². The van der Waals surface area contributed by atoms with Crippen molar-refractivity contribution in [3.8, 4) is 5.75 Å². The molecule has 0 atom stereocenters. The summed E-state index contributed by atoms with van der Waals surface area (Å²) in [6.45, 7) is 1.97. The fourth-order valence-electron chi connectivity index (χ4n) is 3.43. The molecule has 0 saturated carbocycles. The topological polar surface area (TPSA) is 75.7 Å². The van der Waals surface area contributed by atoms with E-state index in [1.165, 1.54) is 12.1 Å². The molecular formula is C26H21FN2O4. The highest BCUT2D eigenvalue weighted by Crippen LogP contribution is 2.26. The van der Waals surface area contributed by atoms with Gasteiger partial charge in [0.2, 0.25) is 0 Å². The number of benzene rings is 3. The summed E-state index contributed by atoms with van der Waals surface area (Å²) in [6, 6.07) is 19.2. The van der Waals surface area contributed by atoms with Crippen molar-refractivity contribution in [3.05, 3.63) is 101 Å². The van der Waals surface area contributed by atoms with Gasteiger partial charge < -0.3 is 4.74 Å². The Balaban J connectivity index is 1.63. The lowest BCUT2D eigenvalue weighted by molar-refractivity contribution is -0.122. The molecule has 0 bridgehead atoms. The zero-order chi connectivity index (χ0) is 23.4. The summed E-state index contributed by atoms with van der Waals surface area (Å²) < 4.78 is 19.7. The lowest BCUT2D eigenvalue weighted by atomic mass is 10.1. The quantitative estimate of drug-likeness (QED) is 0.444. The number of imide groups is 2. The van der Waals surface area contributed by atoms with Gasteiger partial charge in [-0.15, -0.1) is 0 Å². The molecule has 166 valence electrons. The highest BCUT2D eigenvalue weighted by molar-refractivity contribution is 6.39. The minimum atomic E-state index is -0.810. The van der Waals surface area contributed by atoms with E-state index >= 15 is 0 Å². The van der Waals surface area contributed by atoms with E-state index in [9.17, 15) is 18.8 Å². The summed E-state index contributed by atoms with van der Waals surface area (Å²) in [5, 5.41) is 2.21. The number of hydrogen-bond donors (Lipinski definition) is 1. The first kappa shape index (κ1) is 22.0. The highest BCUT2D eigenvalue weighted by Gasteiger charge is 2.36. The van der Waals surface area contributed by atoms with Crippen LogP contribution in [0, 0.1) is 5.82 Å². The van der Waals surface area contributed by atoms with Gasteiger partial charge in [-0.1, -0.05) is 55.5 Å². The Hall–Kier alpha value is -4.26. The van der Waals surface area contributed by atoms with Crippen LogP contribution in [-0.4, -0.2) is 17.8 Å². The molecular weight excluding hydrogens is 423 g/mol. The zero-order valence-corrected chi connectivity index (χ0v) is 17.9. The van der Waals surface area contributed by atoms with Crippen molar-refractivity contribution in [2.24, 2.45) is 0 Å². The number of anilines is 1. The van der Waals surface area contributed by atoms with Gasteiger partial charge in [0, 0.05) is 11.1 Å². The molecule has 6 nitrogen and oxygen atoms in total. The molecule has 1 N–H and O–H groups in total. The van der Waals surface area contributed by atoms with Crippen LogP contribution in [0.3, 0.4) is 0 Å². The minimum Gasteiger partial charge on any atom is -0.488 e. The van der Waals surface area contributed by atoms with E-state index in [0.717, 1.165) is 16.9 Å². The normalized spacial score (nSPS) is 15.0. The summed E-state index contributed by atoms with van der Waals surface area (Å²) in [7, 11) is 0. The number of barbiturate groups is 1. The van der Waals surface area contributed by atoms with Crippen LogP contribution in [0.4, 0.5) is 14.9 Å². The molecule has 1 heterocycles. The second-order valence-corrected chi connectivity index (χ2v) is 7.40. The molecule has 0 radical (unpaired) electrons. The van der Waals surface area contributed by atoms with Crippen LogP contribution >= 0.6 is 0 Å². The van der Waals surface area contributed by atoms with Gasteiger partial charge in [-0.2, -0.15) is 0 Å². The maximum absolute atomic E-state index is 13.9. The molecule has 1 saturated heterocycles. The number of para-hydroxylation sites is 1. The number of amides is 4. The first-order valence-electron chi connectivity index (χ1n) is 10.4. The van der Waals surface area contributed by atoms with E-state index in [1.54, 1.807) is 54.6 Å². The van der Waals surface area contributed by atoms with Gasteiger partial charge in [-0.05, 0) is 42.3 Å².